The second-order valence-corrected chi connectivity index (χ2v) is 5.13. The standard InChI is InChI=1S/C16H17ClN2O/c1-11-5-3-4-6-13(11)7-10-16(20)19-14-8-9-15(17)18-12(14)2/h3-6,8-9H,7,10H2,1-2H3,(H,19,20). The van der Waals surface area contributed by atoms with E-state index in [9.17, 15) is 4.79 Å². The Kier molecular flexibility index (Phi) is 4.74. The van der Waals surface area contributed by atoms with Crippen LogP contribution in [0.1, 0.15) is 23.2 Å². The number of carbonyl (C=O) groups excluding carboxylic acids is 1. The molecule has 1 aromatic heterocycles. The van der Waals surface area contributed by atoms with Gasteiger partial charge in [0.1, 0.15) is 5.15 Å². The highest BCUT2D eigenvalue weighted by Crippen LogP contribution is 2.16. The average Bonchev–Trinajstić information content (AvgIpc) is 2.41. The third kappa shape index (κ3) is 3.81. The fourth-order valence-corrected chi connectivity index (χ4v) is 2.20. The van der Waals surface area contributed by atoms with Gasteiger partial charge in [0, 0.05) is 6.42 Å². The molecule has 0 bridgehead atoms. The molecule has 1 heterocycles. The highest BCUT2D eigenvalue weighted by molar-refractivity contribution is 6.29. The molecule has 104 valence electrons. The molecule has 0 atom stereocenters. The molecule has 0 spiro atoms. The van der Waals surface area contributed by atoms with Gasteiger partial charge in [-0.1, -0.05) is 35.9 Å². The Balaban J connectivity index is 1.94. The molecule has 2 aromatic rings. The first-order valence-corrected chi connectivity index (χ1v) is 6.91. The molecule has 0 unspecified atom stereocenters. The number of anilines is 1. The number of rotatable bonds is 4. The topological polar surface area (TPSA) is 42.0 Å². The second-order valence-electron chi connectivity index (χ2n) is 4.74. The van der Waals surface area contributed by atoms with Gasteiger partial charge in [-0.25, -0.2) is 4.98 Å². The molecule has 1 amide bonds. The number of pyridine rings is 1. The van der Waals surface area contributed by atoms with Crippen molar-refractivity contribution in [3.05, 3.63) is 58.4 Å². The second kappa shape index (κ2) is 6.53. The number of nitrogens with zero attached hydrogens (tertiary/aromatic N) is 1. The van der Waals surface area contributed by atoms with Crippen LogP contribution in [0, 0.1) is 13.8 Å². The van der Waals surface area contributed by atoms with E-state index in [0.717, 1.165) is 12.1 Å². The minimum Gasteiger partial charge on any atom is -0.324 e. The van der Waals surface area contributed by atoms with Crippen molar-refractivity contribution in [2.24, 2.45) is 0 Å². The number of hydrogen-bond acceptors (Lipinski definition) is 2. The van der Waals surface area contributed by atoms with E-state index in [4.69, 9.17) is 11.6 Å². The predicted molar refractivity (Wildman–Crippen MR) is 82.1 cm³/mol. The Hall–Kier alpha value is -1.87. The van der Waals surface area contributed by atoms with E-state index in [2.05, 4.69) is 29.4 Å². The van der Waals surface area contributed by atoms with Gasteiger partial charge in [0.25, 0.3) is 0 Å². The van der Waals surface area contributed by atoms with Gasteiger partial charge >= 0.3 is 0 Å². The summed E-state index contributed by atoms with van der Waals surface area (Å²) in [6.45, 7) is 3.88. The van der Waals surface area contributed by atoms with E-state index in [1.54, 1.807) is 12.1 Å². The fraction of sp³-hybridized carbons (Fsp3) is 0.250. The van der Waals surface area contributed by atoms with Crippen LogP contribution < -0.4 is 5.32 Å². The summed E-state index contributed by atoms with van der Waals surface area (Å²) in [7, 11) is 0. The number of nitrogens with one attached hydrogen (secondary N) is 1. The van der Waals surface area contributed by atoms with Crippen LogP contribution in [0.5, 0.6) is 0 Å². The zero-order chi connectivity index (χ0) is 14.5. The van der Waals surface area contributed by atoms with Crippen molar-refractivity contribution in [3.8, 4) is 0 Å². The average molecular weight is 289 g/mol. The molecule has 4 heteroatoms. The molecule has 0 aliphatic heterocycles. The number of aromatic nitrogens is 1. The molecular weight excluding hydrogens is 272 g/mol. The van der Waals surface area contributed by atoms with Crippen molar-refractivity contribution in [1.82, 2.24) is 4.98 Å². The molecule has 20 heavy (non-hydrogen) atoms. The minimum absolute atomic E-state index is 0.0134. The molecule has 0 aliphatic rings. The monoisotopic (exact) mass is 288 g/mol. The number of halogens is 1. The lowest BCUT2D eigenvalue weighted by atomic mass is 10.0. The van der Waals surface area contributed by atoms with E-state index in [0.29, 0.717) is 17.3 Å². The van der Waals surface area contributed by atoms with Crippen molar-refractivity contribution >= 4 is 23.2 Å². The van der Waals surface area contributed by atoms with Crippen LogP contribution in [0.4, 0.5) is 5.69 Å². The Morgan fingerprint density at radius 1 is 1.20 bits per heavy atom. The molecule has 2 rings (SSSR count). The summed E-state index contributed by atoms with van der Waals surface area (Å²) >= 11 is 5.79. The van der Waals surface area contributed by atoms with Crippen LogP contribution in [-0.2, 0) is 11.2 Å². The first-order chi connectivity index (χ1) is 9.56. The van der Waals surface area contributed by atoms with Gasteiger partial charge in [0.05, 0.1) is 11.4 Å². The van der Waals surface area contributed by atoms with Crippen LogP contribution in [0.2, 0.25) is 5.15 Å². The summed E-state index contributed by atoms with van der Waals surface area (Å²) in [5.41, 5.74) is 3.85. The summed E-state index contributed by atoms with van der Waals surface area (Å²) in [5.74, 6) is -0.0134. The first kappa shape index (κ1) is 14.5. The van der Waals surface area contributed by atoms with Crippen molar-refractivity contribution in [2.75, 3.05) is 5.32 Å². The Morgan fingerprint density at radius 3 is 2.65 bits per heavy atom. The van der Waals surface area contributed by atoms with Gasteiger partial charge in [-0.15, -0.1) is 0 Å². The molecule has 0 fully saturated rings. The van der Waals surface area contributed by atoms with E-state index < -0.39 is 0 Å². The first-order valence-electron chi connectivity index (χ1n) is 6.54. The fourth-order valence-electron chi connectivity index (χ4n) is 2.01. The maximum Gasteiger partial charge on any atom is 0.224 e. The van der Waals surface area contributed by atoms with E-state index in [1.165, 1.54) is 11.1 Å². The van der Waals surface area contributed by atoms with Gasteiger partial charge in [0.2, 0.25) is 5.91 Å². The highest BCUT2D eigenvalue weighted by atomic mass is 35.5. The third-order valence-electron chi connectivity index (χ3n) is 3.21. The van der Waals surface area contributed by atoms with Gasteiger partial charge in [-0.2, -0.15) is 0 Å². The Morgan fingerprint density at radius 2 is 1.95 bits per heavy atom. The Labute approximate surface area is 124 Å². The molecule has 0 radical (unpaired) electrons. The number of benzene rings is 1. The van der Waals surface area contributed by atoms with Crippen molar-refractivity contribution < 1.29 is 4.79 Å². The number of amides is 1. The van der Waals surface area contributed by atoms with Crippen molar-refractivity contribution in [2.45, 2.75) is 26.7 Å². The summed E-state index contributed by atoms with van der Waals surface area (Å²) in [4.78, 5) is 16.1. The SMILES string of the molecule is Cc1ccccc1CCC(=O)Nc1ccc(Cl)nc1C. The quantitative estimate of drug-likeness (QED) is 0.866. The van der Waals surface area contributed by atoms with E-state index in [1.807, 2.05) is 19.1 Å². The summed E-state index contributed by atoms with van der Waals surface area (Å²) in [6, 6.07) is 11.6. The van der Waals surface area contributed by atoms with Crippen molar-refractivity contribution in [1.29, 1.82) is 0 Å². The van der Waals surface area contributed by atoms with E-state index >= 15 is 0 Å². The number of carbonyl (C=O) groups is 1. The lowest BCUT2D eigenvalue weighted by Gasteiger charge is -2.09. The van der Waals surface area contributed by atoms with E-state index in [-0.39, 0.29) is 5.91 Å². The lowest BCUT2D eigenvalue weighted by Crippen LogP contribution is -2.13. The molecule has 0 aliphatic carbocycles. The third-order valence-corrected chi connectivity index (χ3v) is 3.42. The smallest absolute Gasteiger partial charge is 0.224 e. The zero-order valence-corrected chi connectivity index (χ0v) is 12.4. The number of hydrogen-bond donors (Lipinski definition) is 1. The van der Waals surface area contributed by atoms with Crippen molar-refractivity contribution in [3.63, 3.8) is 0 Å². The van der Waals surface area contributed by atoms with Crippen LogP contribution >= 0.6 is 11.6 Å². The van der Waals surface area contributed by atoms with Crippen LogP contribution in [0.3, 0.4) is 0 Å². The molecule has 0 saturated carbocycles. The maximum atomic E-state index is 12.0. The van der Waals surface area contributed by atoms with Crippen LogP contribution in [0.25, 0.3) is 0 Å². The number of aryl methyl sites for hydroxylation is 3. The van der Waals surface area contributed by atoms with Gasteiger partial charge in [-0.05, 0) is 43.5 Å². The molecule has 0 saturated heterocycles. The minimum atomic E-state index is -0.0134. The van der Waals surface area contributed by atoms with Gasteiger partial charge in [0.15, 0.2) is 0 Å². The van der Waals surface area contributed by atoms with Gasteiger partial charge in [-0.3, -0.25) is 4.79 Å². The summed E-state index contributed by atoms with van der Waals surface area (Å²) < 4.78 is 0. The molecular formula is C16H17ClN2O. The molecule has 1 N–H and O–H groups in total. The van der Waals surface area contributed by atoms with Crippen LogP contribution in [-0.4, -0.2) is 10.9 Å². The zero-order valence-electron chi connectivity index (χ0n) is 11.6. The summed E-state index contributed by atoms with van der Waals surface area (Å²) in [5, 5.41) is 3.30. The lowest BCUT2D eigenvalue weighted by molar-refractivity contribution is -0.116. The predicted octanol–water partition coefficient (Wildman–Crippen LogP) is 3.92. The van der Waals surface area contributed by atoms with Crippen LogP contribution in [0.15, 0.2) is 36.4 Å². The largest absolute Gasteiger partial charge is 0.324 e. The summed E-state index contributed by atoms with van der Waals surface area (Å²) in [6.07, 6.45) is 1.19. The molecule has 3 nitrogen and oxygen atoms in total. The molecule has 1 aromatic carbocycles. The Bertz CT molecular complexity index is 626. The maximum absolute atomic E-state index is 12.0. The highest BCUT2D eigenvalue weighted by Gasteiger charge is 2.07. The van der Waals surface area contributed by atoms with Gasteiger partial charge < -0.3 is 5.32 Å². The normalized spacial score (nSPS) is 10.3.